The molecule has 2 heterocycles. The van der Waals surface area contributed by atoms with E-state index in [4.69, 9.17) is 5.73 Å². The second-order valence-electron chi connectivity index (χ2n) is 5.47. The third kappa shape index (κ3) is 1.65. The molecule has 0 aromatic carbocycles. The lowest BCUT2D eigenvalue weighted by molar-refractivity contribution is 0.0350. The molecule has 92 valence electrons. The summed E-state index contributed by atoms with van der Waals surface area (Å²) in [6.07, 6.45) is 4.24. The maximum atomic E-state index is 12.2. The van der Waals surface area contributed by atoms with Crippen LogP contribution in [0.4, 0.5) is 0 Å². The van der Waals surface area contributed by atoms with E-state index in [1.165, 1.54) is 12.8 Å². The van der Waals surface area contributed by atoms with Crippen LogP contribution in [0.3, 0.4) is 0 Å². The van der Waals surface area contributed by atoms with Crippen LogP contribution in [0.2, 0.25) is 0 Å². The minimum atomic E-state index is -0.105. The fourth-order valence-corrected chi connectivity index (χ4v) is 2.70. The van der Waals surface area contributed by atoms with Crippen LogP contribution in [-0.2, 0) is 7.05 Å². The second-order valence-corrected chi connectivity index (χ2v) is 5.47. The van der Waals surface area contributed by atoms with Crippen molar-refractivity contribution in [2.75, 3.05) is 13.1 Å². The van der Waals surface area contributed by atoms with Crippen molar-refractivity contribution in [1.29, 1.82) is 0 Å². The molecule has 1 saturated heterocycles. The van der Waals surface area contributed by atoms with Gasteiger partial charge >= 0.3 is 0 Å². The van der Waals surface area contributed by atoms with Crippen LogP contribution in [0, 0.1) is 12.8 Å². The molecule has 0 atom stereocenters. The van der Waals surface area contributed by atoms with E-state index in [0.29, 0.717) is 24.6 Å². The van der Waals surface area contributed by atoms with Crippen LogP contribution in [0.25, 0.3) is 0 Å². The minimum absolute atomic E-state index is 0.0670. The Morgan fingerprint density at radius 3 is 2.65 bits per heavy atom. The molecule has 1 saturated carbocycles. The molecule has 0 spiro atoms. The Kier molecular flexibility index (Phi) is 2.10. The molecule has 1 aliphatic heterocycles. The molecular formula is C12H18N4O. The molecule has 1 amide bonds. The van der Waals surface area contributed by atoms with E-state index in [2.05, 4.69) is 5.10 Å². The van der Waals surface area contributed by atoms with Gasteiger partial charge in [-0.2, -0.15) is 5.10 Å². The van der Waals surface area contributed by atoms with Crippen molar-refractivity contribution in [2.24, 2.45) is 18.7 Å². The summed E-state index contributed by atoms with van der Waals surface area (Å²) in [6, 6.07) is 0. The van der Waals surface area contributed by atoms with Gasteiger partial charge in [0.05, 0.1) is 16.8 Å². The number of nitrogens with zero attached hydrogens (tertiary/aromatic N) is 3. The fourth-order valence-electron chi connectivity index (χ4n) is 2.70. The van der Waals surface area contributed by atoms with E-state index >= 15 is 0 Å². The summed E-state index contributed by atoms with van der Waals surface area (Å²) in [7, 11) is 1.83. The first-order valence-electron chi connectivity index (χ1n) is 6.08. The maximum absolute atomic E-state index is 12.2. The van der Waals surface area contributed by atoms with Crippen molar-refractivity contribution in [2.45, 2.75) is 25.3 Å². The van der Waals surface area contributed by atoms with Crippen LogP contribution in [-0.4, -0.2) is 39.2 Å². The van der Waals surface area contributed by atoms with Crippen molar-refractivity contribution in [3.8, 4) is 0 Å². The maximum Gasteiger partial charge on any atom is 0.257 e. The van der Waals surface area contributed by atoms with Gasteiger partial charge in [-0.15, -0.1) is 0 Å². The number of rotatable bonds is 2. The van der Waals surface area contributed by atoms with Crippen LogP contribution >= 0.6 is 0 Å². The fraction of sp³-hybridized carbons (Fsp3) is 0.667. The summed E-state index contributed by atoms with van der Waals surface area (Å²) < 4.78 is 1.68. The average molecular weight is 234 g/mol. The topological polar surface area (TPSA) is 64.2 Å². The van der Waals surface area contributed by atoms with Gasteiger partial charge in [0.15, 0.2) is 0 Å². The first-order chi connectivity index (χ1) is 7.99. The van der Waals surface area contributed by atoms with Gasteiger partial charge in [0.2, 0.25) is 0 Å². The van der Waals surface area contributed by atoms with E-state index < -0.39 is 0 Å². The first kappa shape index (κ1) is 10.8. The molecule has 0 bridgehead atoms. The Hall–Kier alpha value is -1.36. The van der Waals surface area contributed by atoms with Crippen LogP contribution < -0.4 is 5.73 Å². The predicted molar refractivity (Wildman–Crippen MR) is 63.5 cm³/mol. The number of amides is 1. The van der Waals surface area contributed by atoms with E-state index in [1.54, 1.807) is 10.9 Å². The summed E-state index contributed by atoms with van der Waals surface area (Å²) in [5.41, 5.74) is 7.63. The molecule has 2 fully saturated rings. The normalized spacial score (nSPS) is 22.4. The average Bonchev–Trinajstić information content (AvgIpc) is 3.00. The van der Waals surface area contributed by atoms with Crippen LogP contribution in [0.15, 0.2) is 6.20 Å². The van der Waals surface area contributed by atoms with Crippen molar-refractivity contribution in [3.05, 3.63) is 17.5 Å². The molecule has 1 aromatic heterocycles. The Morgan fingerprint density at radius 2 is 2.18 bits per heavy atom. The van der Waals surface area contributed by atoms with Crippen LogP contribution in [0.5, 0.6) is 0 Å². The predicted octanol–water partition coefficient (Wildman–Crippen LogP) is 0.292. The van der Waals surface area contributed by atoms with Gasteiger partial charge in [-0.05, 0) is 25.7 Å². The van der Waals surface area contributed by atoms with Gasteiger partial charge in [0, 0.05) is 26.3 Å². The summed E-state index contributed by atoms with van der Waals surface area (Å²) in [5.74, 6) is 0.707. The number of nitrogens with two attached hydrogens (primary N) is 1. The molecule has 3 rings (SSSR count). The lowest BCUT2D eigenvalue weighted by Crippen LogP contribution is -2.69. The number of aryl methyl sites for hydroxylation is 2. The van der Waals surface area contributed by atoms with Crippen molar-refractivity contribution >= 4 is 5.91 Å². The summed E-state index contributed by atoms with van der Waals surface area (Å²) in [4.78, 5) is 14.0. The summed E-state index contributed by atoms with van der Waals surface area (Å²) >= 11 is 0. The molecule has 5 heteroatoms. The monoisotopic (exact) mass is 234 g/mol. The minimum Gasteiger partial charge on any atom is -0.335 e. The molecule has 2 aliphatic rings. The number of hydrogen-bond donors (Lipinski definition) is 1. The van der Waals surface area contributed by atoms with Crippen molar-refractivity contribution in [3.63, 3.8) is 0 Å². The third-order valence-electron chi connectivity index (χ3n) is 3.89. The Morgan fingerprint density at radius 1 is 1.53 bits per heavy atom. The van der Waals surface area contributed by atoms with Gasteiger partial charge in [-0.1, -0.05) is 0 Å². The van der Waals surface area contributed by atoms with E-state index in [0.717, 1.165) is 5.69 Å². The lowest BCUT2D eigenvalue weighted by atomic mass is 9.85. The van der Waals surface area contributed by atoms with Gasteiger partial charge < -0.3 is 10.6 Å². The van der Waals surface area contributed by atoms with Crippen LogP contribution in [0.1, 0.15) is 28.9 Å². The quantitative estimate of drug-likeness (QED) is 0.800. The Balaban J connectivity index is 1.71. The van der Waals surface area contributed by atoms with Gasteiger partial charge in [-0.25, -0.2) is 0 Å². The highest BCUT2D eigenvalue weighted by Gasteiger charge is 2.51. The molecule has 1 aromatic rings. The molecule has 0 unspecified atom stereocenters. The highest BCUT2D eigenvalue weighted by molar-refractivity contribution is 5.95. The molecule has 0 radical (unpaired) electrons. The zero-order valence-electron chi connectivity index (χ0n) is 10.3. The largest absolute Gasteiger partial charge is 0.335 e. The highest BCUT2D eigenvalue weighted by atomic mass is 16.2. The SMILES string of the molecule is Cc1nn(C)cc1C(=O)N1CC(N)(C2CC2)C1. The number of aromatic nitrogens is 2. The zero-order chi connectivity index (χ0) is 12.2. The van der Waals surface area contributed by atoms with E-state index in [-0.39, 0.29) is 11.4 Å². The molecule has 5 nitrogen and oxygen atoms in total. The Bertz CT molecular complexity index is 469. The van der Waals surface area contributed by atoms with Crippen molar-refractivity contribution in [1.82, 2.24) is 14.7 Å². The first-order valence-corrected chi connectivity index (χ1v) is 6.08. The standard InChI is InChI=1S/C12H18N4O/c1-8-10(5-15(2)14-8)11(17)16-6-12(13,7-16)9-3-4-9/h5,9H,3-4,6-7,13H2,1-2H3. The Labute approximate surface area is 101 Å². The van der Waals surface area contributed by atoms with Gasteiger partial charge in [-0.3, -0.25) is 9.48 Å². The van der Waals surface area contributed by atoms with E-state index in [1.807, 2.05) is 18.9 Å². The highest BCUT2D eigenvalue weighted by Crippen LogP contribution is 2.43. The lowest BCUT2D eigenvalue weighted by Gasteiger charge is -2.48. The van der Waals surface area contributed by atoms with Gasteiger partial charge in [0.1, 0.15) is 0 Å². The molecule has 2 N–H and O–H groups in total. The number of likely N-dealkylation sites (tertiary alicyclic amines) is 1. The summed E-state index contributed by atoms with van der Waals surface area (Å²) in [5, 5.41) is 4.19. The second kappa shape index (κ2) is 3.32. The number of carbonyl (C=O) groups excluding carboxylic acids is 1. The number of carbonyl (C=O) groups is 1. The zero-order valence-corrected chi connectivity index (χ0v) is 10.3. The van der Waals surface area contributed by atoms with Gasteiger partial charge in [0.25, 0.3) is 5.91 Å². The third-order valence-corrected chi connectivity index (χ3v) is 3.89. The molecule has 1 aliphatic carbocycles. The summed E-state index contributed by atoms with van der Waals surface area (Å²) in [6.45, 7) is 3.26. The number of hydrogen-bond acceptors (Lipinski definition) is 3. The van der Waals surface area contributed by atoms with Crippen molar-refractivity contribution < 1.29 is 4.79 Å². The molecular weight excluding hydrogens is 216 g/mol. The smallest absolute Gasteiger partial charge is 0.257 e. The van der Waals surface area contributed by atoms with E-state index in [9.17, 15) is 4.79 Å². The molecule has 17 heavy (non-hydrogen) atoms.